The topological polar surface area (TPSA) is 16.1 Å². The van der Waals surface area contributed by atoms with Gasteiger partial charge in [-0.25, -0.2) is 4.98 Å². The minimum atomic E-state index is 0.687. The summed E-state index contributed by atoms with van der Waals surface area (Å²) < 4.78 is 0. The van der Waals surface area contributed by atoms with E-state index in [0.29, 0.717) is 6.04 Å². The summed E-state index contributed by atoms with van der Waals surface area (Å²) in [6, 6.07) is 13.4. The highest BCUT2D eigenvalue weighted by molar-refractivity contribution is 5.80. The maximum Gasteiger partial charge on any atom is 0.129 e. The fourth-order valence-electron chi connectivity index (χ4n) is 3.22. The van der Waals surface area contributed by atoms with E-state index in [1.54, 1.807) is 0 Å². The molecule has 0 radical (unpaired) electrons. The number of pyridine rings is 1. The van der Waals surface area contributed by atoms with Gasteiger partial charge in [0, 0.05) is 18.0 Å². The molecule has 0 aliphatic heterocycles. The second kappa shape index (κ2) is 5.60. The zero-order valence-electron chi connectivity index (χ0n) is 11.7. The summed E-state index contributed by atoms with van der Waals surface area (Å²) >= 11 is 0. The van der Waals surface area contributed by atoms with Crippen LogP contribution in [0.2, 0.25) is 0 Å². The van der Waals surface area contributed by atoms with Crippen LogP contribution >= 0.6 is 0 Å². The Morgan fingerprint density at radius 3 is 2.63 bits per heavy atom. The maximum atomic E-state index is 4.85. The van der Waals surface area contributed by atoms with Crippen molar-refractivity contribution in [2.45, 2.75) is 45.1 Å². The van der Waals surface area contributed by atoms with E-state index < -0.39 is 0 Å². The average molecular weight is 254 g/mol. The number of nitrogens with zero attached hydrogens (tertiary/aromatic N) is 2. The zero-order chi connectivity index (χ0) is 13.1. The highest BCUT2D eigenvalue weighted by atomic mass is 15.2. The van der Waals surface area contributed by atoms with Crippen LogP contribution in [0.1, 0.15) is 39.0 Å². The second-order valence-electron chi connectivity index (χ2n) is 5.44. The fraction of sp³-hybridized carbons (Fsp3) is 0.471. The van der Waals surface area contributed by atoms with Crippen molar-refractivity contribution in [2.24, 2.45) is 0 Å². The molecule has 1 fully saturated rings. The standard InChI is InChI=1S/C17H22N2/c1-2-19(15-9-4-3-5-10-15)17-13-12-14-8-6-7-11-16(14)18-17/h6-8,11-13,15H,2-5,9-10H2,1H3. The maximum absolute atomic E-state index is 4.85. The number of rotatable bonds is 3. The van der Waals surface area contributed by atoms with Crippen molar-refractivity contribution in [3.8, 4) is 0 Å². The van der Waals surface area contributed by atoms with Gasteiger partial charge in [0.2, 0.25) is 0 Å². The van der Waals surface area contributed by atoms with Gasteiger partial charge in [-0.1, -0.05) is 37.5 Å². The highest BCUT2D eigenvalue weighted by Crippen LogP contribution is 2.27. The Morgan fingerprint density at radius 2 is 1.84 bits per heavy atom. The van der Waals surface area contributed by atoms with E-state index in [9.17, 15) is 0 Å². The van der Waals surface area contributed by atoms with E-state index in [1.165, 1.54) is 37.5 Å². The van der Waals surface area contributed by atoms with Gasteiger partial charge in [0.15, 0.2) is 0 Å². The van der Waals surface area contributed by atoms with Crippen molar-refractivity contribution < 1.29 is 0 Å². The zero-order valence-corrected chi connectivity index (χ0v) is 11.7. The molecule has 2 aromatic rings. The molecule has 0 saturated heterocycles. The molecule has 0 amide bonds. The van der Waals surface area contributed by atoms with Crippen LogP contribution in [0.3, 0.4) is 0 Å². The number of hydrogen-bond acceptors (Lipinski definition) is 2. The van der Waals surface area contributed by atoms with Gasteiger partial charge in [-0.3, -0.25) is 0 Å². The smallest absolute Gasteiger partial charge is 0.129 e. The molecule has 0 spiro atoms. The number of fused-ring (bicyclic) bond motifs is 1. The molecule has 1 aliphatic rings. The lowest BCUT2D eigenvalue weighted by molar-refractivity contribution is 0.416. The largest absolute Gasteiger partial charge is 0.354 e. The predicted octanol–water partition coefficient (Wildman–Crippen LogP) is 4.39. The van der Waals surface area contributed by atoms with Crippen LogP contribution in [0, 0.1) is 0 Å². The first-order valence-corrected chi connectivity index (χ1v) is 7.51. The number of hydrogen-bond donors (Lipinski definition) is 0. The summed E-state index contributed by atoms with van der Waals surface area (Å²) in [5.41, 5.74) is 1.11. The lowest BCUT2D eigenvalue weighted by atomic mass is 9.94. The number of aromatic nitrogens is 1. The van der Waals surface area contributed by atoms with E-state index in [4.69, 9.17) is 4.98 Å². The molecule has 0 atom stereocenters. The van der Waals surface area contributed by atoms with Gasteiger partial charge < -0.3 is 4.90 Å². The Labute approximate surface area is 115 Å². The monoisotopic (exact) mass is 254 g/mol. The van der Waals surface area contributed by atoms with Crippen molar-refractivity contribution >= 4 is 16.7 Å². The molecule has 2 nitrogen and oxygen atoms in total. The lowest BCUT2D eigenvalue weighted by Crippen LogP contribution is -2.37. The highest BCUT2D eigenvalue weighted by Gasteiger charge is 2.21. The molecule has 100 valence electrons. The van der Waals surface area contributed by atoms with Gasteiger partial charge in [0.25, 0.3) is 0 Å². The van der Waals surface area contributed by atoms with E-state index in [-0.39, 0.29) is 0 Å². The molecule has 1 heterocycles. The summed E-state index contributed by atoms with van der Waals surface area (Å²) in [5, 5.41) is 1.23. The van der Waals surface area contributed by atoms with E-state index in [2.05, 4.69) is 48.2 Å². The van der Waals surface area contributed by atoms with Crippen molar-refractivity contribution in [1.82, 2.24) is 4.98 Å². The van der Waals surface area contributed by atoms with Gasteiger partial charge in [0.1, 0.15) is 5.82 Å². The first kappa shape index (κ1) is 12.5. The Bertz CT molecular complexity index is 544. The number of para-hydroxylation sites is 1. The molecule has 1 aromatic carbocycles. The Kier molecular flexibility index (Phi) is 3.67. The molecule has 2 heteroatoms. The van der Waals surface area contributed by atoms with Crippen molar-refractivity contribution in [3.05, 3.63) is 36.4 Å². The summed E-state index contributed by atoms with van der Waals surface area (Å²) in [6.45, 7) is 3.29. The normalized spacial score (nSPS) is 16.7. The minimum Gasteiger partial charge on any atom is -0.354 e. The first-order chi connectivity index (χ1) is 9.38. The summed E-state index contributed by atoms with van der Waals surface area (Å²) in [6.07, 6.45) is 6.79. The molecule has 0 bridgehead atoms. The van der Waals surface area contributed by atoms with Crippen LogP contribution in [0.15, 0.2) is 36.4 Å². The van der Waals surface area contributed by atoms with Crippen molar-refractivity contribution in [2.75, 3.05) is 11.4 Å². The van der Waals surface area contributed by atoms with Crippen LogP contribution in [-0.4, -0.2) is 17.6 Å². The Hall–Kier alpha value is -1.57. The molecule has 1 saturated carbocycles. The van der Waals surface area contributed by atoms with Crippen LogP contribution in [0.25, 0.3) is 10.9 Å². The van der Waals surface area contributed by atoms with Crippen LogP contribution < -0.4 is 4.90 Å². The van der Waals surface area contributed by atoms with E-state index in [0.717, 1.165) is 17.9 Å². The second-order valence-corrected chi connectivity index (χ2v) is 5.44. The van der Waals surface area contributed by atoms with Crippen LogP contribution in [-0.2, 0) is 0 Å². The van der Waals surface area contributed by atoms with Crippen molar-refractivity contribution in [3.63, 3.8) is 0 Å². The third-order valence-corrected chi connectivity index (χ3v) is 4.23. The number of benzene rings is 1. The molecule has 1 aromatic heterocycles. The van der Waals surface area contributed by atoms with Crippen molar-refractivity contribution in [1.29, 1.82) is 0 Å². The van der Waals surface area contributed by atoms with E-state index >= 15 is 0 Å². The lowest BCUT2D eigenvalue weighted by Gasteiger charge is -2.34. The molecule has 0 unspecified atom stereocenters. The van der Waals surface area contributed by atoms with Gasteiger partial charge in [0.05, 0.1) is 5.52 Å². The summed E-state index contributed by atoms with van der Waals surface area (Å²) in [5.74, 6) is 1.15. The molecular weight excluding hydrogens is 232 g/mol. The molecule has 1 aliphatic carbocycles. The third kappa shape index (κ3) is 2.58. The van der Waals surface area contributed by atoms with Crippen LogP contribution in [0.5, 0.6) is 0 Å². The predicted molar refractivity (Wildman–Crippen MR) is 81.6 cm³/mol. The van der Waals surface area contributed by atoms with Crippen LogP contribution in [0.4, 0.5) is 5.82 Å². The van der Waals surface area contributed by atoms with Gasteiger partial charge >= 0.3 is 0 Å². The summed E-state index contributed by atoms with van der Waals surface area (Å²) in [7, 11) is 0. The van der Waals surface area contributed by atoms with Gasteiger partial charge in [-0.2, -0.15) is 0 Å². The Balaban J connectivity index is 1.91. The first-order valence-electron chi connectivity index (χ1n) is 7.51. The van der Waals surface area contributed by atoms with Gasteiger partial charge in [-0.05, 0) is 38.0 Å². The third-order valence-electron chi connectivity index (χ3n) is 4.23. The molecule has 3 rings (SSSR count). The molecule has 19 heavy (non-hydrogen) atoms. The molecule has 0 N–H and O–H groups in total. The SMILES string of the molecule is CCN(c1ccc2ccccc2n1)C1CCCCC1. The summed E-state index contributed by atoms with van der Waals surface area (Å²) in [4.78, 5) is 7.34. The van der Waals surface area contributed by atoms with E-state index in [1.807, 2.05) is 0 Å². The fourth-order valence-corrected chi connectivity index (χ4v) is 3.22. The number of anilines is 1. The average Bonchev–Trinajstić information content (AvgIpc) is 2.49. The Morgan fingerprint density at radius 1 is 1.05 bits per heavy atom. The molecular formula is C17H22N2. The quantitative estimate of drug-likeness (QED) is 0.807. The van der Waals surface area contributed by atoms with Gasteiger partial charge in [-0.15, -0.1) is 0 Å². The minimum absolute atomic E-state index is 0.687.